The molecule has 0 amide bonds. The minimum absolute atomic E-state index is 0.115. The van der Waals surface area contributed by atoms with Crippen molar-refractivity contribution in [2.75, 3.05) is 12.0 Å². The number of amidine groups is 1. The molecule has 0 fully saturated rings. The summed E-state index contributed by atoms with van der Waals surface area (Å²) in [5, 5.41) is 14.7. The summed E-state index contributed by atoms with van der Waals surface area (Å²) in [4.78, 5) is 0. The SMILES string of the molecule is CCC(NC(C)CCS(C)=O)C(N)=NO. The Hall–Kier alpha value is -0.620. The van der Waals surface area contributed by atoms with Gasteiger partial charge in [-0.15, -0.1) is 0 Å². The summed E-state index contributed by atoms with van der Waals surface area (Å²) in [6, 6.07) is 0.0921. The fraction of sp³-hybridized carbons (Fsp3) is 0.889. The molecule has 0 aromatic rings. The van der Waals surface area contributed by atoms with E-state index in [-0.39, 0.29) is 17.9 Å². The van der Waals surface area contributed by atoms with Gasteiger partial charge < -0.3 is 16.3 Å². The summed E-state index contributed by atoms with van der Waals surface area (Å²) in [7, 11) is -0.766. The van der Waals surface area contributed by atoms with E-state index in [1.807, 2.05) is 13.8 Å². The highest BCUT2D eigenvalue weighted by Crippen LogP contribution is 1.98. The number of rotatable bonds is 7. The van der Waals surface area contributed by atoms with E-state index in [0.717, 1.165) is 12.8 Å². The fourth-order valence-corrected chi connectivity index (χ4v) is 1.94. The van der Waals surface area contributed by atoms with E-state index in [1.165, 1.54) is 0 Å². The van der Waals surface area contributed by atoms with Crippen molar-refractivity contribution < 1.29 is 9.42 Å². The Balaban J connectivity index is 4.01. The molecule has 6 heteroatoms. The lowest BCUT2D eigenvalue weighted by atomic mass is 10.1. The van der Waals surface area contributed by atoms with Gasteiger partial charge in [-0.3, -0.25) is 4.21 Å². The summed E-state index contributed by atoms with van der Waals surface area (Å²) >= 11 is 0. The molecule has 15 heavy (non-hydrogen) atoms. The van der Waals surface area contributed by atoms with Crippen molar-refractivity contribution in [3.8, 4) is 0 Å². The largest absolute Gasteiger partial charge is 0.409 e. The molecule has 0 spiro atoms. The van der Waals surface area contributed by atoms with Crippen molar-refractivity contribution in [1.82, 2.24) is 5.32 Å². The molecule has 0 aromatic heterocycles. The number of nitrogens with one attached hydrogen (secondary N) is 1. The highest BCUT2D eigenvalue weighted by Gasteiger charge is 2.14. The molecule has 0 rings (SSSR count). The molecule has 0 aliphatic carbocycles. The molecule has 0 saturated heterocycles. The van der Waals surface area contributed by atoms with Crippen LogP contribution in [0, 0.1) is 0 Å². The minimum atomic E-state index is -0.766. The van der Waals surface area contributed by atoms with E-state index < -0.39 is 10.8 Å². The smallest absolute Gasteiger partial charge is 0.156 e. The van der Waals surface area contributed by atoms with Crippen LogP contribution in [-0.2, 0) is 10.8 Å². The van der Waals surface area contributed by atoms with Gasteiger partial charge in [0.25, 0.3) is 0 Å². The maximum Gasteiger partial charge on any atom is 0.156 e. The predicted molar refractivity (Wildman–Crippen MR) is 63.6 cm³/mol. The number of oxime groups is 1. The van der Waals surface area contributed by atoms with Crippen LogP contribution in [0.25, 0.3) is 0 Å². The second kappa shape index (κ2) is 7.64. The summed E-state index contributed by atoms with van der Waals surface area (Å²) in [6.45, 7) is 3.96. The monoisotopic (exact) mass is 235 g/mol. The standard InChI is InChI=1S/C9H21N3O2S/c1-4-8(9(10)12-13)11-7(2)5-6-15(3)14/h7-8,11,13H,4-6H2,1-3H3,(H2,10,12). The molecule has 3 atom stereocenters. The van der Waals surface area contributed by atoms with Crippen LogP contribution < -0.4 is 11.1 Å². The van der Waals surface area contributed by atoms with Crippen molar-refractivity contribution in [2.24, 2.45) is 10.9 Å². The lowest BCUT2D eigenvalue weighted by Gasteiger charge is -2.20. The van der Waals surface area contributed by atoms with Gasteiger partial charge >= 0.3 is 0 Å². The zero-order valence-corrected chi connectivity index (χ0v) is 10.4. The first-order chi connectivity index (χ1) is 7.01. The van der Waals surface area contributed by atoms with Gasteiger partial charge in [-0.1, -0.05) is 12.1 Å². The molecule has 3 unspecified atom stereocenters. The molecular formula is C9H21N3O2S. The predicted octanol–water partition coefficient (Wildman–Crippen LogP) is 0.258. The van der Waals surface area contributed by atoms with E-state index >= 15 is 0 Å². The topological polar surface area (TPSA) is 87.7 Å². The van der Waals surface area contributed by atoms with Crippen molar-refractivity contribution in [1.29, 1.82) is 0 Å². The fourth-order valence-electron chi connectivity index (χ4n) is 1.25. The van der Waals surface area contributed by atoms with Crippen LogP contribution in [0.15, 0.2) is 5.16 Å². The first-order valence-corrected chi connectivity index (χ1v) is 6.77. The number of nitrogens with zero attached hydrogens (tertiary/aromatic N) is 1. The zero-order chi connectivity index (χ0) is 11.8. The zero-order valence-electron chi connectivity index (χ0n) is 9.56. The maximum atomic E-state index is 10.9. The van der Waals surface area contributed by atoms with E-state index in [0.29, 0.717) is 5.75 Å². The highest BCUT2D eigenvalue weighted by molar-refractivity contribution is 7.84. The normalized spacial score (nSPS) is 18.5. The van der Waals surface area contributed by atoms with Crippen LogP contribution in [0.5, 0.6) is 0 Å². The lowest BCUT2D eigenvalue weighted by molar-refractivity contribution is 0.313. The van der Waals surface area contributed by atoms with Gasteiger partial charge in [-0.25, -0.2) is 0 Å². The molecule has 0 aliphatic heterocycles. The van der Waals surface area contributed by atoms with Crippen molar-refractivity contribution in [2.45, 2.75) is 38.8 Å². The number of hydrogen-bond donors (Lipinski definition) is 3. The Labute approximate surface area is 93.6 Å². The third-order valence-corrected chi connectivity index (χ3v) is 3.02. The third kappa shape index (κ3) is 6.46. The van der Waals surface area contributed by atoms with Gasteiger partial charge in [0.05, 0.1) is 6.04 Å². The van der Waals surface area contributed by atoms with Crippen molar-refractivity contribution >= 4 is 16.6 Å². The van der Waals surface area contributed by atoms with E-state index in [2.05, 4.69) is 10.5 Å². The molecule has 0 aliphatic rings. The molecule has 0 bridgehead atoms. The van der Waals surface area contributed by atoms with Gasteiger partial charge in [0.1, 0.15) is 0 Å². The van der Waals surface area contributed by atoms with Crippen LogP contribution in [0.1, 0.15) is 26.7 Å². The summed E-state index contributed by atoms with van der Waals surface area (Å²) in [5.74, 6) is 0.864. The lowest BCUT2D eigenvalue weighted by Crippen LogP contribution is -2.45. The maximum absolute atomic E-state index is 10.9. The highest BCUT2D eigenvalue weighted by atomic mass is 32.2. The van der Waals surface area contributed by atoms with Gasteiger partial charge in [0.15, 0.2) is 5.84 Å². The van der Waals surface area contributed by atoms with E-state index in [1.54, 1.807) is 6.26 Å². The Bertz CT molecular complexity index is 233. The van der Waals surface area contributed by atoms with Crippen molar-refractivity contribution in [3.63, 3.8) is 0 Å². The molecule has 0 aromatic carbocycles. The first kappa shape index (κ1) is 14.4. The Morgan fingerprint density at radius 3 is 2.67 bits per heavy atom. The number of hydrogen-bond acceptors (Lipinski definition) is 4. The average Bonchev–Trinajstić information content (AvgIpc) is 2.21. The summed E-state index contributed by atoms with van der Waals surface area (Å²) in [6.07, 6.45) is 3.27. The quantitative estimate of drug-likeness (QED) is 0.256. The Morgan fingerprint density at radius 1 is 1.67 bits per heavy atom. The van der Waals surface area contributed by atoms with E-state index in [9.17, 15) is 4.21 Å². The van der Waals surface area contributed by atoms with Gasteiger partial charge in [0.2, 0.25) is 0 Å². The number of nitrogens with two attached hydrogens (primary N) is 1. The molecular weight excluding hydrogens is 214 g/mol. The minimum Gasteiger partial charge on any atom is -0.409 e. The Morgan fingerprint density at radius 2 is 2.27 bits per heavy atom. The van der Waals surface area contributed by atoms with Crippen LogP contribution in [-0.4, -0.2) is 39.3 Å². The van der Waals surface area contributed by atoms with Crippen LogP contribution in [0.4, 0.5) is 0 Å². The summed E-state index contributed by atoms with van der Waals surface area (Å²) in [5.41, 5.74) is 5.51. The van der Waals surface area contributed by atoms with Gasteiger partial charge in [0, 0.05) is 28.9 Å². The molecule has 5 nitrogen and oxygen atoms in total. The first-order valence-electron chi connectivity index (χ1n) is 5.04. The second-order valence-corrected chi connectivity index (χ2v) is 5.17. The molecule has 0 saturated carbocycles. The van der Waals surface area contributed by atoms with Gasteiger partial charge in [-0.2, -0.15) is 0 Å². The van der Waals surface area contributed by atoms with E-state index in [4.69, 9.17) is 10.9 Å². The Kier molecular flexibility index (Phi) is 7.33. The molecule has 4 N–H and O–H groups in total. The molecule has 0 radical (unpaired) electrons. The van der Waals surface area contributed by atoms with Crippen molar-refractivity contribution in [3.05, 3.63) is 0 Å². The van der Waals surface area contributed by atoms with Crippen LogP contribution in [0.2, 0.25) is 0 Å². The van der Waals surface area contributed by atoms with Crippen LogP contribution >= 0.6 is 0 Å². The summed E-state index contributed by atoms with van der Waals surface area (Å²) < 4.78 is 10.9. The second-order valence-electron chi connectivity index (χ2n) is 3.62. The average molecular weight is 235 g/mol. The molecule has 90 valence electrons. The van der Waals surface area contributed by atoms with Crippen LogP contribution in [0.3, 0.4) is 0 Å². The molecule has 0 heterocycles. The van der Waals surface area contributed by atoms with Gasteiger partial charge in [-0.05, 0) is 19.8 Å². The third-order valence-electron chi connectivity index (χ3n) is 2.20.